The molecular weight excluding hydrogens is 234 g/mol. The fraction of sp³-hybridized carbons (Fsp3) is 0.727. The van der Waals surface area contributed by atoms with E-state index in [4.69, 9.17) is 5.73 Å². The smallest absolute Gasteiger partial charge is 0.234 e. The number of nitrogens with zero attached hydrogens (tertiary/aromatic N) is 4. The Bertz CT molecular complexity index is 509. The highest BCUT2D eigenvalue weighted by Gasteiger charge is 2.26. The van der Waals surface area contributed by atoms with Crippen LogP contribution in [0.1, 0.15) is 55.3 Å². The quantitative estimate of drug-likeness (QED) is 0.901. The van der Waals surface area contributed by atoms with E-state index < -0.39 is 0 Å². The highest BCUT2D eigenvalue weighted by Crippen LogP contribution is 2.36. The van der Waals surface area contributed by atoms with Crippen LogP contribution in [-0.2, 0) is 0 Å². The van der Waals surface area contributed by atoms with Crippen molar-refractivity contribution in [3.63, 3.8) is 0 Å². The van der Waals surface area contributed by atoms with Crippen LogP contribution in [0.2, 0.25) is 0 Å². The lowest BCUT2D eigenvalue weighted by molar-refractivity contribution is 0.394. The van der Waals surface area contributed by atoms with E-state index >= 15 is 0 Å². The minimum Gasteiger partial charge on any atom is -0.330 e. The van der Waals surface area contributed by atoms with Crippen LogP contribution >= 0.6 is 11.3 Å². The summed E-state index contributed by atoms with van der Waals surface area (Å²) in [6.45, 7) is 2.80. The van der Waals surface area contributed by atoms with E-state index in [1.165, 1.54) is 19.3 Å². The Morgan fingerprint density at radius 1 is 1.47 bits per heavy atom. The highest BCUT2D eigenvalue weighted by atomic mass is 32.1. The first kappa shape index (κ1) is 11.1. The summed E-state index contributed by atoms with van der Waals surface area (Å²) < 4.78 is 1.93. The van der Waals surface area contributed by atoms with Gasteiger partial charge in [-0.05, 0) is 19.3 Å². The first-order chi connectivity index (χ1) is 8.33. The summed E-state index contributed by atoms with van der Waals surface area (Å²) in [4.78, 5) is 0.911. The molecule has 0 spiro atoms. The van der Waals surface area contributed by atoms with Crippen molar-refractivity contribution in [1.29, 1.82) is 0 Å². The molecule has 1 atom stereocenters. The second kappa shape index (κ2) is 4.34. The topological polar surface area (TPSA) is 69.1 Å². The molecule has 6 heteroatoms. The molecule has 2 heterocycles. The van der Waals surface area contributed by atoms with Gasteiger partial charge in [0.05, 0.1) is 0 Å². The molecule has 0 aliphatic heterocycles. The van der Waals surface area contributed by atoms with E-state index in [-0.39, 0.29) is 0 Å². The first-order valence-corrected chi connectivity index (χ1v) is 7.07. The van der Waals surface area contributed by atoms with Crippen LogP contribution in [0.5, 0.6) is 0 Å². The van der Waals surface area contributed by atoms with Crippen LogP contribution in [0.25, 0.3) is 4.96 Å². The SMILES string of the molecule is CCC(CN)c1nn2c(C3CCC3)nnc2s1. The zero-order chi connectivity index (χ0) is 11.8. The molecule has 0 radical (unpaired) electrons. The summed E-state index contributed by atoms with van der Waals surface area (Å²) in [6, 6.07) is 0. The zero-order valence-electron chi connectivity index (χ0n) is 9.96. The Morgan fingerprint density at radius 3 is 2.88 bits per heavy atom. The van der Waals surface area contributed by atoms with E-state index in [1.807, 2.05) is 4.52 Å². The molecule has 0 bridgehead atoms. The summed E-state index contributed by atoms with van der Waals surface area (Å²) in [5.74, 6) is 1.97. The second-order valence-electron chi connectivity index (χ2n) is 4.66. The number of nitrogens with two attached hydrogens (primary N) is 1. The van der Waals surface area contributed by atoms with Crippen LogP contribution in [0.4, 0.5) is 0 Å². The zero-order valence-corrected chi connectivity index (χ0v) is 10.8. The van der Waals surface area contributed by atoms with Gasteiger partial charge in [0.2, 0.25) is 4.96 Å². The van der Waals surface area contributed by atoms with Gasteiger partial charge < -0.3 is 5.73 Å². The standard InChI is InChI=1S/C11H17N5S/c1-2-7(6-12)10-15-16-9(8-4-3-5-8)13-14-11(16)17-10/h7-8H,2-6,12H2,1H3. The van der Waals surface area contributed by atoms with Crippen molar-refractivity contribution in [3.05, 3.63) is 10.8 Å². The normalized spacial score (nSPS) is 18.5. The van der Waals surface area contributed by atoms with Crippen LogP contribution in [0.15, 0.2) is 0 Å². The molecule has 0 aromatic carbocycles. The summed E-state index contributed by atoms with van der Waals surface area (Å²) in [5.41, 5.74) is 5.76. The van der Waals surface area contributed by atoms with Crippen molar-refractivity contribution in [1.82, 2.24) is 19.8 Å². The van der Waals surface area contributed by atoms with Gasteiger partial charge >= 0.3 is 0 Å². The molecule has 2 N–H and O–H groups in total. The molecule has 17 heavy (non-hydrogen) atoms. The van der Waals surface area contributed by atoms with Crippen LogP contribution < -0.4 is 5.73 Å². The number of hydrogen-bond acceptors (Lipinski definition) is 5. The van der Waals surface area contributed by atoms with Crippen LogP contribution in [0, 0.1) is 0 Å². The van der Waals surface area contributed by atoms with E-state index in [2.05, 4.69) is 22.2 Å². The summed E-state index contributed by atoms with van der Waals surface area (Å²) >= 11 is 1.63. The van der Waals surface area contributed by atoms with Gasteiger partial charge in [0.15, 0.2) is 5.82 Å². The van der Waals surface area contributed by atoms with Gasteiger partial charge in [0.25, 0.3) is 0 Å². The third-order valence-electron chi connectivity index (χ3n) is 3.63. The molecule has 0 amide bonds. The lowest BCUT2D eigenvalue weighted by Crippen LogP contribution is -2.14. The molecule has 1 aliphatic carbocycles. The molecule has 2 aromatic heterocycles. The summed E-state index contributed by atoms with van der Waals surface area (Å²) in [6.07, 6.45) is 4.78. The summed E-state index contributed by atoms with van der Waals surface area (Å²) in [7, 11) is 0. The molecule has 3 rings (SSSR count). The largest absolute Gasteiger partial charge is 0.330 e. The molecule has 2 aromatic rings. The minimum absolute atomic E-state index is 0.357. The fourth-order valence-electron chi connectivity index (χ4n) is 2.17. The van der Waals surface area contributed by atoms with Crippen molar-refractivity contribution in [2.24, 2.45) is 5.73 Å². The lowest BCUT2D eigenvalue weighted by Gasteiger charge is -2.22. The molecule has 92 valence electrons. The Labute approximate surface area is 104 Å². The monoisotopic (exact) mass is 251 g/mol. The van der Waals surface area contributed by atoms with E-state index in [9.17, 15) is 0 Å². The first-order valence-electron chi connectivity index (χ1n) is 6.25. The van der Waals surface area contributed by atoms with Gasteiger partial charge in [0, 0.05) is 18.4 Å². The second-order valence-corrected chi connectivity index (χ2v) is 5.65. The third kappa shape index (κ3) is 1.75. The molecule has 1 aliphatic rings. The van der Waals surface area contributed by atoms with Gasteiger partial charge in [-0.25, -0.2) is 0 Å². The average Bonchev–Trinajstić information content (AvgIpc) is 2.80. The van der Waals surface area contributed by atoms with Crippen LogP contribution in [-0.4, -0.2) is 26.4 Å². The molecular formula is C11H17N5S. The van der Waals surface area contributed by atoms with Gasteiger partial charge in [-0.1, -0.05) is 24.7 Å². The Hall–Kier alpha value is -1.01. The highest BCUT2D eigenvalue weighted by molar-refractivity contribution is 7.16. The maximum absolute atomic E-state index is 5.76. The third-order valence-corrected chi connectivity index (χ3v) is 4.69. The van der Waals surface area contributed by atoms with Crippen molar-refractivity contribution in [2.45, 2.75) is 44.4 Å². The van der Waals surface area contributed by atoms with E-state index in [1.54, 1.807) is 11.3 Å². The van der Waals surface area contributed by atoms with Crippen molar-refractivity contribution < 1.29 is 0 Å². The molecule has 0 saturated heterocycles. The van der Waals surface area contributed by atoms with Crippen molar-refractivity contribution in [3.8, 4) is 0 Å². The number of aromatic nitrogens is 4. The predicted molar refractivity (Wildman–Crippen MR) is 67.3 cm³/mol. The van der Waals surface area contributed by atoms with E-state index in [0.29, 0.717) is 18.4 Å². The Kier molecular flexibility index (Phi) is 2.84. The predicted octanol–water partition coefficient (Wildman–Crippen LogP) is 1.91. The van der Waals surface area contributed by atoms with Crippen LogP contribution in [0.3, 0.4) is 0 Å². The van der Waals surface area contributed by atoms with Crippen molar-refractivity contribution >= 4 is 16.3 Å². The van der Waals surface area contributed by atoms with Gasteiger partial charge in [-0.2, -0.15) is 9.61 Å². The van der Waals surface area contributed by atoms with E-state index in [0.717, 1.165) is 22.2 Å². The molecule has 5 nitrogen and oxygen atoms in total. The van der Waals surface area contributed by atoms with Gasteiger partial charge in [-0.3, -0.25) is 0 Å². The minimum atomic E-state index is 0.357. The fourth-order valence-corrected chi connectivity index (χ4v) is 3.22. The van der Waals surface area contributed by atoms with Crippen molar-refractivity contribution in [2.75, 3.05) is 6.54 Å². The molecule has 1 saturated carbocycles. The maximum atomic E-state index is 5.76. The number of hydrogen-bond donors (Lipinski definition) is 1. The van der Waals surface area contributed by atoms with Gasteiger partial charge in [0.1, 0.15) is 5.01 Å². The summed E-state index contributed by atoms with van der Waals surface area (Å²) in [5, 5.41) is 14.2. The molecule has 1 unspecified atom stereocenters. The lowest BCUT2D eigenvalue weighted by atomic mass is 9.85. The van der Waals surface area contributed by atoms with Gasteiger partial charge in [-0.15, -0.1) is 10.2 Å². The number of fused-ring (bicyclic) bond motifs is 1. The number of rotatable bonds is 4. The maximum Gasteiger partial charge on any atom is 0.234 e. The Morgan fingerprint density at radius 2 is 2.29 bits per heavy atom. The average molecular weight is 251 g/mol. The molecule has 1 fully saturated rings. The Balaban J connectivity index is 1.98.